The molecule has 0 spiro atoms. The maximum absolute atomic E-state index is 5.94. The predicted molar refractivity (Wildman–Crippen MR) is 69.8 cm³/mol. The van der Waals surface area contributed by atoms with Crippen molar-refractivity contribution >= 4 is 11.6 Å². The molecule has 0 amide bonds. The zero-order chi connectivity index (χ0) is 11.7. The zero-order valence-corrected chi connectivity index (χ0v) is 11.0. The highest BCUT2D eigenvalue weighted by Crippen LogP contribution is 2.40. The monoisotopic (exact) mass is 237 g/mol. The Morgan fingerprint density at radius 2 is 1.88 bits per heavy atom. The Morgan fingerprint density at radius 3 is 2.44 bits per heavy atom. The lowest BCUT2D eigenvalue weighted by atomic mass is 9.85. The maximum Gasteiger partial charge on any atom is 0.0406 e. The van der Waals surface area contributed by atoms with Gasteiger partial charge >= 0.3 is 0 Å². The van der Waals surface area contributed by atoms with Gasteiger partial charge in [0.2, 0.25) is 0 Å². The Kier molecular flexibility index (Phi) is 3.56. The van der Waals surface area contributed by atoms with Crippen LogP contribution in [0.4, 0.5) is 0 Å². The Labute approximate surface area is 103 Å². The fourth-order valence-corrected chi connectivity index (χ4v) is 2.96. The second-order valence-electron chi connectivity index (χ2n) is 5.17. The first-order valence-corrected chi connectivity index (χ1v) is 6.43. The fourth-order valence-electron chi connectivity index (χ4n) is 2.84. The second kappa shape index (κ2) is 4.77. The van der Waals surface area contributed by atoms with Crippen molar-refractivity contribution in [3.05, 3.63) is 34.9 Å². The zero-order valence-electron chi connectivity index (χ0n) is 10.3. The van der Waals surface area contributed by atoms with Gasteiger partial charge in [-0.3, -0.25) is 4.90 Å². The molecule has 0 unspecified atom stereocenters. The SMILES string of the molecule is CC(C)[C@@H]1CCN(C)[C@H]1c1ccc(Cl)cc1. The molecule has 1 aliphatic rings. The van der Waals surface area contributed by atoms with E-state index in [0.29, 0.717) is 6.04 Å². The highest BCUT2D eigenvalue weighted by Gasteiger charge is 2.34. The summed E-state index contributed by atoms with van der Waals surface area (Å²) in [6.07, 6.45) is 1.31. The molecule has 1 aromatic rings. The quantitative estimate of drug-likeness (QED) is 0.752. The lowest BCUT2D eigenvalue weighted by Gasteiger charge is -2.28. The highest BCUT2D eigenvalue weighted by atomic mass is 35.5. The Balaban J connectivity index is 2.26. The van der Waals surface area contributed by atoms with Crippen molar-refractivity contribution < 1.29 is 0 Å². The molecule has 0 aliphatic carbocycles. The first-order chi connectivity index (χ1) is 7.59. The molecule has 1 heterocycles. The Bertz CT molecular complexity index is 344. The summed E-state index contributed by atoms with van der Waals surface area (Å²) >= 11 is 5.94. The van der Waals surface area contributed by atoms with Gasteiger partial charge < -0.3 is 0 Å². The van der Waals surface area contributed by atoms with Crippen LogP contribution in [0.1, 0.15) is 31.9 Å². The second-order valence-corrected chi connectivity index (χ2v) is 5.61. The number of hydrogen-bond acceptors (Lipinski definition) is 1. The van der Waals surface area contributed by atoms with Crippen LogP contribution in [0.3, 0.4) is 0 Å². The normalized spacial score (nSPS) is 26.6. The number of hydrogen-bond donors (Lipinski definition) is 0. The van der Waals surface area contributed by atoms with Gasteiger partial charge in [-0.2, -0.15) is 0 Å². The predicted octanol–water partition coefficient (Wildman–Crippen LogP) is 3.99. The van der Waals surface area contributed by atoms with E-state index in [1.165, 1.54) is 18.5 Å². The Hall–Kier alpha value is -0.530. The molecule has 2 rings (SSSR count). The van der Waals surface area contributed by atoms with Crippen LogP contribution in [-0.2, 0) is 0 Å². The van der Waals surface area contributed by atoms with E-state index in [2.05, 4.69) is 37.9 Å². The number of likely N-dealkylation sites (tertiary alicyclic amines) is 1. The van der Waals surface area contributed by atoms with Crippen LogP contribution in [0, 0.1) is 11.8 Å². The minimum absolute atomic E-state index is 0.567. The van der Waals surface area contributed by atoms with Crippen molar-refractivity contribution in [2.24, 2.45) is 11.8 Å². The number of rotatable bonds is 2. The van der Waals surface area contributed by atoms with Gasteiger partial charge in [0.05, 0.1) is 0 Å². The van der Waals surface area contributed by atoms with Gasteiger partial charge in [-0.05, 0) is 49.5 Å². The van der Waals surface area contributed by atoms with Gasteiger partial charge in [-0.25, -0.2) is 0 Å². The van der Waals surface area contributed by atoms with Crippen LogP contribution in [0.15, 0.2) is 24.3 Å². The van der Waals surface area contributed by atoms with Gasteiger partial charge in [0, 0.05) is 11.1 Å². The van der Waals surface area contributed by atoms with Gasteiger partial charge in [-0.1, -0.05) is 37.6 Å². The molecule has 1 aromatic carbocycles. The molecule has 2 atom stereocenters. The number of nitrogens with zero attached hydrogens (tertiary/aromatic N) is 1. The summed E-state index contributed by atoms with van der Waals surface area (Å²) < 4.78 is 0. The van der Waals surface area contributed by atoms with E-state index in [-0.39, 0.29) is 0 Å². The third-order valence-corrected chi connectivity index (χ3v) is 4.02. The molecule has 0 aromatic heterocycles. The van der Waals surface area contributed by atoms with Crippen molar-refractivity contribution in [3.63, 3.8) is 0 Å². The fraction of sp³-hybridized carbons (Fsp3) is 0.571. The molecule has 0 bridgehead atoms. The standard InChI is InChI=1S/C14H20ClN/c1-10(2)13-8-9-16(3)14(13)11-4-6-12(15)7-5-11/h4-7,10,13-14H,8-9H2,1-3H3/t13-,14-/m0/s1. The van der Waals surface area contributed by atoms with E-state index in [1.54, 1.807) is 0 Å². The molecule has 0 saturated carbocycles. The average molecular weight is 238 g/mol. The van der Waals surface area contributed by atoms with Crippen LogP contribution in [0.25, 0.3) is 0 Å². The first kappa shape index (κ1) is 11.9. The molecule has 0 radical (unpaired) electrons. The highest BCUT2D eigenvalue weighted by molar-refractivity contribution is 6.30. The van der Waals surface area contributed by atoms with Gasteiger partial charge in [0.15, 0.2) is 0 Å². The van der Waals surface area contributed by atoms with Crippen molar-refractivity contribution in [1.29, 1.82) is 0 Å². The summed E-state index contributed by atoms with van der Waals surface area (Å²) in [7, 11) is 2.22. The molecule has 1 aliphatic heterocycles. The van der Waals surface area contributed by atoms with Crippen LogP contribution < -0.4 is 0 Å². The van der Waals surface area contributed by atoms with Crippen molar-refractivity contribution in [3.8, 4) is 0 Å². The summed E-state index contributed by atoms with van der Waals surface area (Å²) in [4.78, 5) is 2.47. The van der Waals surface area contributed by atoms with Crippen LogP contribution >= 0.6 is 11.6 Å². The summed E-state index contributed by atoms with van der Waals surface area (Å²) in [5.74, 6) is 1.51. The lowest BCUT2D eigenvalue weighted by molar-refractivity contribution is 0.240. The minimum atomic E-state index is 0.567. The van der Waals surface area contributed by atoms with Gasteiger partial charge in [-0.15, -0.1) is 0 Å². The molecular formula is C14H20ClN. The van der Waals surface area contributed by atoms with Crippen molar-refractivity contribution in [2.45, 2.75) is 26.3 Å². The van der Waals surface area contributed by atoms with Crippen molar-refractivity contribution in [1.82, 2.24) is 4.90 Å². The van der Waals surface area contributed by atoms with E-state index in [4.69, 9.17) is 11.6 Å². The molecule has 1 fully saturated rings. The molecule has 2 heteroatoms. The molecular weight excluding hydrogens is 218 g/mol. The topological polar surface area (TPSA) is 3.24 Å². The third kappa shape index (κ3) is 2.26. The van der Waals surface area contributed by atoms with Crippen molar-refractivity contribution in [2.75, 3.05) is 13.6 Å². The molecule has 1 saturated heterocycles. The van der Waals surface area contributed by atoms with E-state index in [9.17, 15) is 0 Å². The van der Waals surface area contributed by atoms with Crippen LogP contribution in [-0.4, -0.2) is 18.5 Å². The maximum atomic E-state index is 5.94. The minimum Gasteiger partial charge on any atom is -0.299 e. The van der Waals surface area contributed by atoms with E-state index in [0.717, 1.165) is 16.9 Å². The summed E-state index contributed by atoms with van der Waals surface area (Å²) in [6, 6.07) is 8.91. The summed E-state index contributed by atoms with van der Waals surface area (Å²) in [5.41, 5.74) is 1.41. The largest absolute Gasteiger partial charge is 0.299 e. The average Bonchev–Trinajstić information content (AvgIpc) is 2.62. The van der Waals surface area contributed by atoms with Crippen LogP contribution in [0.2, 0.25) is 5.02 Å². The number of benzene rings is 1. The molecule has 0 N–H and O–H groups in total. The smallest absolute Gasteiger partial charge is 0.0406 e. The molecule has 88 valence electrons. The molecule has 1 nitrogen and oxygen atoms in total. The van der Waals surface area contributed by atoms with Crippen LogP contribution in [0.5, 0.6) is 0 Å². The van der Waals surface area contributed by atoms with Gasteiger partial charge in [0.1, 0.15) is 0 Å². The molecule has 16 heavy (non-hydrogen) atoms. The van der Waals surface area contributed by atoms with Gasteiger partial charge in [0.25, 0.3) is 0 Å². The van der Waals surface area contributed by atoms with E-state index >= 15 is 0 Å². The summed E-state index contributed by atoms with van der Waals surface area (Å²) in [5, 5.41) is 0.825. The first-order valence-electron chi connectivity index (χ1n) is 6.05. The third-order valence-electron chi connectivity index (χ3n) is 3.76. The van der Waals surface area contributed by atoms with E-state index in [1.807, 2.05) is 12.1 Å². The Morgan fingerprint density at radius 1 is 1.25 bits per heavy atom. The summed E-state index contributed by atoms with van der Waals surface area (Å²) in [6.45, 7) is 5.86. The number of halogens is 1. The lowest BCUT2D eigenvalue weighted by Crippen LogP contribution is -2.23. The van der Waals surface area contributed by atoms with E-state index < -0.39 is 0 Å².